The topological polar surface area (TPSA) is 3.24 Å². The highest BCUT2D eigenvalue weighted by molar-refractivity contribution is 5.33. The van der Waals surface area contributed by atoms with Gasteiger partial charge in [0.2, 0.25) is 0 Å². The van der Waals surface area contributed by atoms with E-state index in [9.17, 15) is 8.78 Å². The first-order valence-corrected chi connectivity index (χ1v) is 8.30. The van der Waals surface area contributed by atoms with E-state index in [1.165, 1.54) is 0 Å². The molecular formula is C20H25F2N. The Hall–Kier alpha value is -1.90. The van der Waals surface area contributed by atoms with E-state index in [1.54, 1.807) is 12.2 Å². The zero-order valence-corrected chi connectivity index (χ0v) is 13.7. The summed E-state index contributed by atoms with van der Waals surface area (Å²) >= 11 is 0. The van der Waals surface area contributed by atoms with Gasteiger partial charge in [-0.15, -0.1) is 0 Å². The van der Waals surface area contributed by atoms with Crippen LogP contribution in [-0.4, -0.2) is 17.7 Å². The van der Waals surface area contributed by atoms with Crippen LogP contribution in [0.3, 0.4) is 0 Å². The van der Waals surface area contributed by atoms with Crippen molar-refractivity contribution in [3.8, 4) is 0 Å². The summed E-state index contributed by atoms with van der Waals surface area (Å²) < 4.78 is 26.8. The average Bonchev–Trinajstić information content (AvgIpc) is 2.55. The molecule has 0 saturated carbocycles. The molecule has 2 aliphatic rings. The molecule has 3 heteroatoms. The van der Waals surface area contributed by atoms with Crippen LogP contribution in [0.25, 0.3) is 0 Å². The summed E-state index contributed by atoms with van der Waals surface area (Å²) in [5.74, 6) is 0. The molecule has 0 bridgehead atoms. The fourth-order valence-corrected chi connectivity index (χ4v) is 2.89. The summed E-state index contributed by atoms with van der Waals surface area (Å²) in [7, 11) is 0. The molecule has 0 radical (unpaired) electrons. The first kappa shape index (κ1) is 17.5. The van der Waals surface area contributed by atoms with E-state index < -0.39 is 12.8 Å². The quantitative estimate of drug-likeness (QED) is 0.450. The third-order valence-corrected chi connectivity index (χ3v) is 3.96. The SMILES string of the molecule is C/C=C\C(=C/CF)N(C1=CC=CCC1)/C1=C/CC=CC(F)CC1. The van der Waals surface area contributed by atoms with Gasteiger partial charge in [-0.2, -0.15) is 0 Å². The molecule has 1 unspecified atom stereocenters. The average molecular weight is 317 g/mol. The van der Waals surface area contributed by atoms with Gasteiger partial charge in [0.25, 0.3) is 0 Å². The molecule has 23 heavy (non-hydrogen) atoms. The molecule has 0 spiro atoms. The molecule has 1 nitrogen and oxygen atoms in total. The Kier molecular flexibility index (Phi) is 7.05. The summed E-state index contributed by atoms with van der Waals surface area (Å²) in [6.45, 7) is 1.41. The van der Waals surface area contributed by atoms with Crippen LogP contribution in [0, 0.1) is 0 Å². The van der Waals surface area contributed by atoms with Crippen molar-refractivity contribution >= 4 is 0 Å². The number of hydrogen-bond donors (Lipinski definition) is 0. The van der Waals surface area contributed by atoms with Crippen molar-refractivity contribution in [3.63, 3.8) is 0 Å². The molecule has 2 aliphatic carbocycles. The Morgan fingerprint density at radius 3 is 2.87 bits per heavy atom. The van der Waals surface area contributed by atoms with Gasteiger partial charge in [0, 0.05) is 17.1 Å². The van der Waals surface area contributed by atoms with Gasteiger partial charge in [-0.25, -0.2) is 8.78 Å². The van der Waals surface area contributed by atoms with Gasteiger partial charge in [-0.05, 0) is 57.3 Å². The summed E-state index contributed by atoms with van der Waals surface area (Å²) in [5, 5.41) is 0. The Labute approximate surface area is 138 Å². The van der Waals surface area contributed by atoms with Gasteiger partial charge in [0.15, 0.2) is 0 Å². The van der Waals surface area contributed by atoms with E-state index in [0.29, 0.717) is 19.3 Å². The highest BCUT2D eigenvalue weighted by atomic mass is 19.1. The smallest absolute Gasteiger partial charge is 0.119 e. The molecule has 0 amide bonds. The molecule has 0 aromatic carbocycles. The highest BCUT2D eigenvalue weighted by Gasteiger charge is 2.19. The fraction of sp³-hybridized carbons (Fsp3) is 0.400. The maximum atomic E-state index is 13.8. The van der Waals surface area contributed by atoms with Crippen LogP contribution < -0.4 is 0 Å². The van der Waals surface area contributed by atoms with Crippen LogP contribution in [-0.2, 0) is 0 Å². The maximum Gasteiger partial charge on any atom is 0.119 e. The second kappa shape index (κ2) is 9.29. The van der Waals surface area contributed by atoms with Crippen molar-refractivity contribution in [2.45, 2.75) is 45.2 Å². The minimum absolute atomic E-state index is 0.459. The lowest BCUT2D eigenvalue weighted by molar-refractivity contribution is 0.361. The molecule has 2 rings (SSSR count). The molecule has 0 N–H and O–H groups in total. The number of allylic oxidation sites excluding steroid dienone is 11. The molecule has 0 aliphatic heterocycles. The van der Waals surface area contributed by atoms with Crippen molar-refractivity contribution < 1.29 is 8.78 Å². The minimum Gasteiger partial charge on any atom is -0.318 e. The van der Waals surface area contributed by atoms with Crippen LogP contribution in [0.5, 0.6) is 0 Å². The molecule has 0 heterocycles. The predicted octanol–water partition coefficient (Wildman–Crippen LogP) is 5.91. The lowest BCUT2D eigenvalue weighted by Gasteiger charge is -2.32. The lowest BCUT2D eigenvalue weighted by atomic mass is 10.0. The predicted molar refractivity (Wildman–Crippen MR) is 93.1 cm³/mol. The van der Waals surface area contributed by atoms with Gasteiger partial charge >= 0.3 is 0 Å². The van der Waals surface area contributed by atoms with E-state index in [4.69, 9.17) is 0 Å². The molecule has 124 valence electrons. The number of nitrogens with zero attached hydrogens (tertiary/aromatic N) is 1. The first-order chi connectivity index (χ1) is 11.3. The monoisotopic (exact) mass is 317 g/mol. The van der Waals surface area contributed by atoms with Crippen LogP contribution in [0.15, 0.2) is 71.8 Å². The third-order valence-electron chi connectivity index (χ3n) is 3.96. The second-order valence-corrected chi connectivity index (χ2v) is 5.66. The summed E-state index contributed by atoms with van der Waals surface area (Å²) in [4.78, 5) is 2.11. The van der Waals surface area contributed by atoms with E-state index in [-0.39, 0.29) is 0 Å². The Morgan fingerprint density at radius 1 is 1.30 bits per heavy atom. The molecule has 0 aromatic rings. The zero-order chi connectivity index (χ0) is 16.5. The normalized spacial score (nSPS) is 24.8. The standard InChI is InChI=1S/C20H25F2N/c1-2-8-18(15-16-21)23(19-10-4-3-5-11-19)20-12-7-6-9-17(22)13-14-20/h2-4,6,8-10,12,15,17H,5,7,11,13-14,16H2,1H3/b8-2-,9-6?,18-15+,20-12+. The third kappa shape index (κ3) is 5.05. The van der Waals surface area contributed by atoms with Crippen LogP contribution in [0.1, 0.15) is 39.0 Å². The molecule has 0 fully saturated rings. The van der Waals surface area contributed by atoms with Crippen LogP contribution in [0.2, 0.25) is 0 Å². The Morgan fingerprint density at radius 2 is 2.17 bits per heavy atom. The van der Waals surface area contributed by atoms with Crippen molar-refractivity contribution in [1.29, 1.82) is 0 Å². The van der Waals surface area contributed by atoms with Crippen LogP contribution in [0.4, 0.5) is 8.78 Å². The summed E-state index contributed by atoms with van der Waals surface area (Å²) in [5.41, 5.74) is 3.01. The van der Waals surface area contributed by atoms with Crippen molar-refractivity contribution in [3.05, 3.63) is 71.8 Å². The van der Waals surface area contributed by atoms with E-state index in [0.717, 1.165) is 29.9 Å². The minimum atomic E-state index is -0.906. The largest absolute Gasteiger partial charge is 0.318 e. The molecule has 0 aromatic heterocycles. The number of alkyl halides is 2. The van der Waals surface area contributed by atoms with Crippen LogP contribution >= 0.6 is 0 Å². The van der Waals surface area contributed by atoms with Gasteiger partial charge in [-0.3, -0.25) is 0 Å². The second-order valence-electron chi connectivity index (χ2n) is 5.66. The molecule has 0 saturated heterocycles. The first-order valence-electron chi connectivity index (χ1n) is 8.30. The molecule has 1 atom stereocenters. The zero-order valence-electron chi connectivity index (χ0n) is 13.7. The van der Waals surface area contributed by atoms with Crippen molar-refractivity contribution in [2.75, 3.05) is 6.67 Å². The fourth-order valence-electron chi connectivity index (χ4n) is 2.89. The van der Waals surface area contributed by atoms with Gasteiger partial charge in [-0.1, -0.05) is 36.5 Å². The Balaban J connectivity index is 2.39. The van der Waals surface area contributed by atoms with Crippen molar-refractivity contribution in [1.82, 2.24) is 4.90 Å². The highest BCUT2D eigenvalue weighted by Crippen LogP contribution is 2.31. The maximum absolute atomic E-state index is 13.8. The van der Waals surface area contributed by atoms with E-state index in [2.05, 4.69) is 23.1 Å². The lowest BCUT2D eigenvalue weighted by Crippen LogP contribution is -2.23. The molecular weight excluding hydrogens is 292 g/mol. The van der Waals surface area contributed by atoms with Gasteiger partial charge in [0.1, 0.15) is 12.8 Å². The van der Waals surface area contributed by atoms with E-state index >= 15 is 0 Å². The Bertz CT molecular complexity index is 564. The van der Waals surface area contributed by atoms with Gasteiger partial charge in [0.05, 0.1) is 0 Å². The number of halogens is 2. The van der Waals surface area contributed by atoms with Crippen molar-refractivity contribution in [2.24, 2.45) is 0 Å². The van der Waals surface area contributed by atoms with Gasteiger partial charge < -0.3 is 4.90 Å². The van der Waals surface area contributed by atoms with E-state index in [1.807, 2.05) is 31.2 Å². The summed E-state index contributed by atoms with van der Waals surface area (Å²) in [6, 6.07) is 0. The number of hydrogen-bond acceptors (Lipinski definition) is 1. The number of rotatable bonds is 5. The summed E-state index contributed by atoms with van der Waals surface area (Å²) in [6.07, 6.45) is 20.0.